The van der Waals surface area contributed by atoms with Crippen molar-refractivity contribution in [3.05, 3.63) is 35.6 Å². The van der Waals surface area contributed by atoms with Crippen molar-refractivity contribution in [2.24, 2.45) is 0 Å². The summed E-state index contributed by atoms with van der Waals surface area (Å²) in [5.74, 6) is -0.249. The number of rotatable bonds is 6. The fourth-order valence-corrected chi connectivity index (χ4v) is 3.57. The van der Waals surface area contributed by atoms with E-state index in [1.54, 1.807) is 17.8 Å². The zero-order valence-corrected chi connectivity index (χ0v) is 14.5. The lowest BCUT2D eigenvalue weighted by Crippen LogP contribution is -2.49. The second kappa shape index (κ2) is 8.55. The first-order valence-corrected chi connectivity index (χ1v) is 9.17. The monoisotopic (exact) mass is 340 g/mol. The molecule has 0 radical (unpaired) electrons. The Kier molecular flexibility index (Phi) is 6.72. The van der Waals surface area contributed by atoms with Crippen LogP contribution < -0.4 is 10.6 Å². The number of carbonyl (C=O) groups excluding carboxylic acids is 1. The number of halogens is 1. The molecule has 1 heterocycles. The maximum atomic E-state index is 13.2. The van der Waals surface area contributed by atoms with E-state index >= 15 is 0 Å². The molecule has 6 heteroatoms. The lowest BCUT2D eigenvalue weighted by Gasteiger charge is -2.35. The van der Waals surface area contributed by atoms with Crippen LogP contribution in [0.3, 0.4) is 0 Å². The molecule has 0 unspecified atom stereocenters. The summed E-state index contributed by atoms with van der Waals surface area (Å²) in [6.45, 7) is 4.06. The summed E-state index contributed by atoms with van der Waals surface area (Å²) in [6, 6.07) is 6.24. The molecule has 128 valence electrons. The number of ether oxygens (including phenoxy) is 1. The summed E-state index contributed by atoms with van der Waals surface area (Å²) >= 11 is 1.79. The number of nitrogens with one attached hydrogen (secondary N) is 2. The summed E-state index contributed by atoms with van der Waals surface area (Å²) < 4.78 is 18.6. The van der Waals surface area contributed by atoms with Crippen molar-refractivity contribution in [3.8, 4) is 0 Å². The van der Waals surface area contributed by atoms with Crippen molar-refractivity contribution in [1.82, 2.24) is 10.6 Å². The zero-order chi connectivity index (χ0) is 16.7. The van der Waals surface area contributed by atoms with Gasteiger partial charge in [-0.2, -0.15) is 11.8 Å². The second-order valence-electron chi connectivity index (χ2n) is 6.06. The zero-order valence-electron chi connectivity index (χ0n) is 13.7. The predicted octanol–water partition coefficient (Wildman–Crippen LogP) is 2.97. The molecule has 1 atom stereocenters. The molecule has 0 spiro atoms. The SMILES string of the molecule is CSC1(CNC(=O)N[C@@H](C)Cc2cccc(F)c2)CCOCC1. The van der Waals surface area contributed by atoms with Crippen LogP contribution in [0.1, 0.15) is 25.3 Å². The van der Waals surface area contributed by atoms with Gasteiger partial charge < -0.3 is 15.4 Å². The van der Waals surface area contributed by atoms with Crippen LogP contribution in [0.25, 0.3) is 0 Å². The van der Waals surface area contributed by atoms with Gasteiger partial charge in [-0.3, -0.25) is 0 Å². The molecule has 0 aliphatic carbocycles. The van der Waals surface area contributed by atoms with Gasteiger partial charge in [-0.1, -0.05) is 12.1 Å². The number of benzene rings is 1. The van der Waals surface area contributed by atoms with Crippen molar-refractivity contribution in [2.45, 2.75) is 37.0 Å². The van der Waals surface area contributed by atoms with E-state index in [0.29, 0.717) is 13.0 Å². The molecular weight excluding hydrogens is 315 g/mol. The smallest absolute Gasteiger partial charge is 0.315 e. The normalized spacial score (nSPS) is 18.2. The number of urea groups is 1. The minimum absolute atomic E-state index is 0.0586. The molecule has 0 bridgehead atoms. The number of thioether (sulfide) groups is 1. The van der Waals surface area contributed by atoms with Gasteiger partial charge in [0.25, 0.3) is 0 Å². The van der Waals surface area contributed by atoms with Gasteiger partial charge in [0.15, 0.2) is 0 Å². The van der Waals surface area contributed by atoms with Crippen LogP contribution in [-0.4, -0.2) is 42.8 Å². The van der Waals surface area contributed by atoms with Crippen molar-refractivity contribution in [3.63, 3.8) is 0 Å². The Morgan fingerprint density at radius 2 is 2.17 bits per heavy atom. The average molecular weight is 340 g/mol. The Labute approximate surface area is 141 Å². The van der Waals surface area contributed by atoms with E-state index in [9.17, 15) is 9.18 Å². The van der Waals surface area contributed by atoms with Crippen molar-refractivity contribution >= 4 is 17.8 Å². The van der Waals surface area contributed by atoms with Crippen molar-refractivity contribution in [2.75, 3.05) is 26.0 Å². The van der Waals surface area contributed by atoms with Gasteiger partial charge >= 0.3 is 6.03 Å². The van der Waals surface area contributed by atoms with E-state index in [4.69, 9.17) is 4.74 Å². The summed E-state index contributed by atoms with van der Waals surface area (Å²) in [6.07, 6.45) is 4.59. The van der Waals surface area contributed by atoms with Gasteiger partial charge in [0.1, 0.15) is 5.82 Å². The number of hydrogen-bond acceptors (Lipinski definition) is 3. The highest BCUT2D eigenvalue weighted by molar-refractivity contribution is 8.00. The fourth-order valence-electron chi connectivity index (χ4n) is 2.78. The van der Waals surface area contributed by atoms with Crippen LogP contribution in [0.5, 0.6) is 0 Å². The molecule has 0 aromatic heterocycles. The first-order chi connectivity index (χ1) is 11.0. The molecule has 0 saturated carbocycles. The molecule has 1 aliphatic rings. The van der Waals surface area contributed by atoms with E-state index < -0.39 is 0 Å². The van der Waals surface area contributed by atoms with Crippen molar-refractivity contribution in [1.29, 1.82) is 0 Å². The third-order valence-electron chi connectivity index (χ3n) is 4.22. The Balaban J connectivity index is 1.77. The minimum atomic E-state index is -0.249. The Morgan fingerprint density at radius 3 is 2.83 bits per heavy atom. The highest BCUT2D eigenvalue weighted by atomic mass is 32.2. The molecule has 1 aromatic carbocycles. The lowest BCUT2D eigenvalue weighted by molar-refractivity contribution is 0.0777. The standard InChI is InChI=1S/C17H25FN2O2S/c1-13(10-14-4-3-5-15(18)11-14)20-16(21)19-12-17(23-2)6-8-22-9-7-17/h3-5,11,13H,6-10,12H2,1-2H3,(H2,19,20,21)/t13-/m0/s1. The molecular formula is C17H25FN2O2S. The average Bonchev–Trinajstić information content (AvgIpc) is 2.54. The van der Waals surface area contributed by atoms with Crippen LogP contribution in [0.4, 0.5) is 9.18 Å². The lowest BCUT2D eigenvalue weighted by atomic mass is 9.99. The van der Waals surface area contributed by atoms with E-state index in [0.717, 1.165) is 31.6 Å². The van der Waals surface area contributed by atoms with Crippen LogP contribution in [0, 0.1) is 5.82 Å². The third kappa shape index (κ3) is 5.70. The van der Waals surface area contributed by atoms with Crippen LogP contribution in [0.2, 0.25) is 0 Å². The van der Waals surface area contributed by atoms with Gasteiger partial charge in [-0.25, -0.2) is 9.18 Å². The number of hydrogen-bond donors (Lipinski definition) is 2. The molecule has 1 aromatic rings. The van der Waals surface area contributed by atoms with Crippen molar-refractivity contribution < 1.29 is 13.9 Å². The van der Waals surface area contributed by atoms with E-state index in [1.807, 2.05) is 13.0 Å². The summed E-state index contributed by atoms with van der Waals surface area (Å²) in [7, 11) is 0. The molecule has 2 amide bonds. The molecule has 4 nitrogen and oxygen atoms in total. The summed E-state index contributed by atoms with van der Waals surface area (Å²) in [4.78, 5) is 12.1. The van der Waals surface area contributed by atoms with E-state index in [2.05, 4.69) is 16.9 Å². The van der Waals surface area contributed by atoms with E-state index in [1.165, 1.54) is 12.1 Å². The second-order valence-corrected chi connectivity index (χ2v) is 7.34. The largest absolute Gasteiger partial charge is 0.381 e. The first kappa shape index (κ1) is 18.1. The van der Waals surface area contributed by atoms with Gasteiger partial charge in [-0.15, -0.1) is 0 Å². The highest BCUT2D eigenvalue weighted by Gasteiger charge is 2.32. The molecule has 2 N–H and O–H groups in total. The fraction of sp³-hybridized carbons (Fsp3) is 0.588. The Hall–Kier alpha value is -1.27. The maximum absolute atomic E-state index is 13.2. The molecule has 23 heavy (non-hydrogen) atoms. The Bertz CT molecular complexity index is 521. The van der Waals surface area contributed by atoms with Crippen LogP contribution >= 0.6 is 11.8 Å². The molecule has 1 fully saturated rings. The molecule has 1 saturated heterocycles. The quantitative estimate of drug-likeness (QED) is 0.837. The van der Waals surface area contributed by atoms with Gasteiger partial charge in [-0.05, 0) is 50.1 Å². The predicted molar refractivity (Wildman–Crippen MR) is 92.4 cm³/mol. The molecule has 2 rings (SSSR count). The minimum Gasteiger partial charge on any atom is -0.381 e. The number of carbonyl (C=O) groups is 1. The van der Waals surface area contributed by atoms with Gasteiger partial charge in [0.05, 0.1) is 0 Å². The topological polar surface area (TPSA) is 50.4 Å². The summed E-state index contributed by atoms with van der Waals surface area (Å²) in [5, 5.41) is 5.89. The third-order valence-corrected chi connectivity index (χ3v) is 5.64. The van der Waals surface area contributed by atoms with Gasteiger partial charge in [0, 0.05) is 30.5 Å². The highest BCUT2D eigenvalue weighted by Crippen LogP contribution is 2.32. The molecule has 1 aliphatic heterocycles. The number of amides is 2. The first-order valence-electron chi connectivity index (χ1n) is 7.95. The van der Waals surface area contributed by atoms with Crippen LogP contribution in [-0.2, 0) is 11.2 Å². The van der Waals surface area contributed by atoms with Crippen LogP contribution in [0.15, 0.2) is 24.3 Å². The Morgan fingerprint density at radius 1 is 1.43 bits per heavy atom. The summed E-state index contributed by atoms with van der Waals surface area (Å²) in [5.41, 5.74) is 0.878. The maximum Gasteiger partial charge on any atom is 0.315 e. The van der Waals surface area contributed by atoms with E-state index in [-0.39, 0.29) is 22.6 Å². The van der Waals surface area contributed by atoms with Gasteiger partial charge in [0.2, 0.25) is 0 Å².